The molecule has 1 unspecified atom stereocenters. The number of amides is 1. The smallest absolute Gasteiger partial charge is 0.391 e. The van der Waals surface area contributed by atoms with E-state index in [1.807, 2.05) is 0 Å². The lowest BCUT2D eigenvalue weighted by molar-refractivity contribution is -0.175. The van der Waals surface area contributed by atoms with Crippen LogP contribution in [0, 0.1) is 0 Å². The second-order valence-corrected chi connectivity index (χ2v) is 4.92. The molecule has 1 fully saturated rings. The van der Waals surface area contributed by atoms with E-state index in [0.29, 0.717) is 12.8 Å². The molecular weight excluding hydrogens is 275 g/mol. The monoisotopic (exact) mass is 291 g/mol. The minimum absolute atomic E-state index is 0.450. The summed E-state index contributed by atoms with van der Waals surface area (Å²) in [5, 5.41) is 15.6. The van der Waals surface area contributed by atoms with Gasteiger partial charge >= 0.3 is 6.18 Å². The van der Waals surface area contributed by atoms with Crippen LogP contribution < -0.4 is 5.32 Å². The van der Waals surface area contributed by atoms with Crippen LogP contribution in [0.2, 0.25) is 0 Å². The van der Waals surface area contributed by atoms with E-state index in [9.17, 15) is 23.1 Å². The Kier molecular flexibility index (Phi) is 4.32. The average molecular weight is 291 g/mol. The van der Waals surface area contributed by atoms with Crippen LogP contribution in [-0.4, -0.2) is 39.1 Å². The molecular formula is C12H16F3N3O2. The normalized spacial score (nSPS) is 24.6. The second kappa shape index (κ2) is 5.82. The quantitative estimate of drug-likeness (QED) is 0.881. The number of hydrogen-bond acceptors (Lipinski definition) is 3. The Morgan fingerprint density at radius 3 is 2.75 bits per heavy atom. The molecule has 3 atom stereocenters. The highest BCUT2D eigenvalue weighted by molar-refractivity contribution is 5.76. The summed E-state index contributed by atoms with van der Waals surface area (Å²) in [4.78, 5) is 11.7. The van der Waals surface area contributed by atoms with Gasteiger partial charge in [0.1, 0.15) is 0 Å². The van der Waals surface area contributed by atoms with Gasteiger partial charge in [-0.15, -0.1) is 0 Å². The molecule has 1 aromatic heterocycles. The molecule has 0 aromatic carbocycles. The Labute approximate surface area is 113 Å². The molecule has 112 valence electrons. The highest BCUT2D eigenvalue weighted by atomic mass is 19.4. The van der Waals surface area contributed by atoms with Crippen molar-refractivity contribution >= 4 is 5.91 Å². The van der Waals surface area contributed by atoms with Gasteiger partial charge in [0, 0.05) is 12.4 Å². The minimum atomic E-state index is -4.56. The molecule has 2 N–H and O–H groups in total. The fraction of sp³-hybridized carbons (Fsp3) is 0.667. The predicted octanol–water partition coefficient (Wildman–Crippen LogP) is 1.41. The van der Waals surface area contributed by atoms with E-state index < -0.39 is 36.7 Å². The number of carbonyl (C=O) groups is 1. The molecule has 1 aliphatic rings. The maximum atomic E-state index is 12.9. The van der Waals surface area contributed by atoms with Crippen LogP contribution in [0.4, 0.5) is 13.2 Å². The number of alkyl halides is 3. The summed E-state index contributed by atoms with van der Waals surface area (Å²) in [6.07, 6.45) is -1.65. The Morgan fingerprint density at radius 1 is 1.50 bits per heavy atom. The van der Waals surface area contributed by atoms with Crippen LogP contribution in [-0.2, 0) is 4.79 Å². The van der Waals surface area contributed by atoms with Gasteiger partial charge in [-0.2, -0.15) is 18.3 Å². The zero-order valence-electron chi connectivity index (χ0n) is 10.7. The van der Waals surface area contributed by atoms with Crippen molar-refractivity contribution < 1.29 is 23.1 Å². The number of rotatable bonds is 4. The number of aliphatic hydroxyl groups excluding tert-OH is 1. The summed E-state index contributed by atoms with van der Waals surface area (Å²) in [5.41, 5.74) is 0. The Morgan fingerprint density at radius 2 is 2.25 bits per heavy atom. The van der Waals surface area contributed by atoms with Crippen LogP contribution in [0.1, 0.15) is 31.7 Å². The van der Waals surface area contributed by atoms with Gasteiger partial charge in [-0.25, -0.2) is 0 Å². The molecule has 0 spiro atoms. The second-order valence-electron chi connectivity index (χ2n) is 4.92. The largest absolute Gasteiger partial charge is 0.411 e. The first-order valence-corrected chi connectivity index (χ1v) is 6.41. The SMILES string of the molecule is O=C(CC(n1cccn1)C(F)(F)F)N[C@@H]1CCC[C@H]1O. The van der Waals surface area contributed by atoms with Crippen LogP contribution >= 0.6 is 0 Å². The fourth-order valence-corrected chi connectivity index (χ4v) is 2.37. The van der Waals surface area contributed by atoms with Crippen molar-refractivity contribution in [3.8, 4) is 0 Å². The average Bonchev–Trinajstić information content (AvgIpc) is 2.97. The Bertz CT molecular complexity index is 447. The lowest BCUT2D eigenvalue weighted by atomic mass is 10.1. The fourth-order valence-electron chi connectivity index (χ4n) is 2.37. The molecule has 0 aliphatic heterocycles. The van der Waals surface area contributed by atoms with Gasteiger partial charge in [0.25, 0.3) is 0 Å². The predicted molar refractivity (Wildman–Crippen MR) is 63.7 cm³/mol. The number of aliphatic hydroxyl groups is 1. The van der Waals surface area contributed by atoms with Crippen LogP contribution in [0.5, 0.6) is 0 Å². The third-order valence-corrected chi connectivity index (χ3v) is 3.43. The number of halogens is 3. The molecule has 2 rings (SSSR count). The van der Waals surface area contributed by atoms with E-state index in [1.54, 1.807) is 0 Å². The summed E-state index contributed by atoms with van der Waals surface area (Å²) >= 11 is 0. The van der Waals surface area contributed by atoms with Gasteiger partial charge in [-0.05, 0) is 25.3 Å². The third-order valence-electron chi connectivity index (χ3n) is 3.43. The van der Waals surface area contributed by atoms with Crippen molar-refractivity contribution in [2.75, 3.05) is 0 Å². The maximum absolute atomic E-state index is 12.9. The van der Waals surface area contributed by atoms with Gasteiger partial charge in [0.15, 0.2) is 6.04 Å². The molecule has 1 amide bonds. The van der Waals surface area contributed by atoms with Gasteiger partial charge in [-0.3, -0.25) is 9.48 Å². The topological polar surface area (TPSA) is 67.2 Å². The van der Waals surface area contributed by atoms with E-state index in [1.165, 1.54) is 18.5 Å². The lowest BCUT2D eigenvalue weighted by Gasteiger charge is -2.22. The molecule has 0 bridgehead atoms. The van der Waals surface area contributed by atoms with Crippen molar-refractivity contribution in [1.82, 2.24) is 15.1 Å². The molecule has 1 aromatic rings. The van der Waals surface area contributed by atoms with Crippen LogP contribution in [0.25, 0.3) is 0 Å². The van der Waals surface area contributed by atoms with Crippen molar-refractivity contribution in [3.63, 3.8) is 0 Å². The first-order valence-electron chi connectivity index (χ1n) is 6.41. The summed E-state index contributed by atoms with van der Waals surface area (Å²) in [7, 11) is 0. The number of aromatic nitrogens is 2. The summed E-state index contributed by atoms with van der Waals surface area (Å²) in [6.45, 7) is 0. The van der Waals surface area contributed by atoms with Gasteiger partial charge in [0.2, 0.25) is 5.91 Å². The lowest BCUT2D eigenvalue weighted by Crippen LogP contribution is -2.42. The standard InChI is InChI=1S/C12H16F3N3O2/c13-12(14,15)10(18-6-2-5-16-18)7-11(20)17-8-3-1-4-9(8)19/h2,5-6,8-10,19H,1,3-4,7H2,(H,17,20)/t8-,9-,10?/m1/s1. The number of nitrogens with one attached hydrogen (secondary N) is 1. The zero-order valence-corrected chi connectivity index (χ0v) is 10.7. The third kappa shape index (κ3) is 3.50. The van der Waals surface area contributed by atoms with Crippen LogP contribution in [0.15, 0.2) is 18.5 Å². The highest BCUT2D eigenvalue weighted by Gasteiger charge is 2.43. The molecule has 20 heavy (non-hydrogen) atoms. The highest BCUT2D eigenvalue weighted by Crippen LogP contribution is 2.32. The van der Waals surface area contributed by atoms with Gasteiger partial charge in [-0.1, -0.05) is 0 Å². The summed E-state index contributed by atoms with van der Waals surface area (Å²) in [5.74, 6) is -0.728. The van der Waals surface area contributed by atoms with E-state index >= 15 is 0 Å². The van der Waals surface area contributed by atoms with Gasteiger partial charge < -0.3 is 10.4 Å². The van der Waals surface area contributed by atoms with Crippen molar-refractivity contribution in [2.45, 2.75) is 50.0 Å². The molecule has 0 radical (unpaired) electrons. The minimum Gasteiger partial charge on any atom is -0.391 e. The first-order chi connectivity index (χ1) is 9.38. The molecule has 1 heterocycles. The first kappa shape index (κ1) is 14.8. The van der Waals surface area contributed by atoms with Crippen LogP contribution in [0.3, 0.4) is 0 Å². The molecule has 5 nitrogen and oxygen atoms in total. The maximum Gasteiger partial charge on any atom is 0.411 e. The van der Waals surface area contributed by atoms with Crippen molar-refractivity contribution in [3.05, 3.63) is 18.5 Å². The Hall–Kier alpha value is -1.57. The molecule has 1 saturated carbocycles. The summed E-state index contributed by atoms with van der Waals surface area (Å²) < 4.78 is 39.6. The van der Waals surface area contributed by atoms with E-state index in [4.69, 9.17) is 0 Å². The molecule has 1 aliphatic carbocycles. The number of hydrogen-bond donors (Lipinski definition) is 2. The summed E-state index contributed by atoms with van der Waals surface area (Å²) in [6, 6.07) is -1.07. The van der Waals surface area contributed by atoms with Crippen molar-refractivity contribution in [1.29, 1.82) is 0 Å². The van der Waals surface area contributed by atoms with E-state index in [2.05, 4.69) is 10.4 Å². The van der Waals surface area contributed by atoms with E-state index in [-0.39, 0.29) is 0 Å². The molecule has 8 heteroatoms. The zero-order chi connectivity index (χ0) is 14.8. The molecule has 0 saturated heterocycles. The van der Waals surface area contributed by atoms with E-state index in [0.717, 1.165) is 11.1 Å². The van der Waals surface area contributed by atoms with Crippen molar-refractivity contribution in [2.24, 2.45) is 0 Å². The Balaban J connectivity index is 1.99. The number of carbonyl (C=O) groups excluding carboxylic acids is 1. The van der Waals surface area contributed by atoms with Gasteiger partial charge in [0.05, 0.1) is 18.6 Å². The number of nitrogens with zero attached hydrogens (tertiary/aromatic N) is 2.